The van der Waals surface area contributed by atoms with Crippen molar-refractivity contribution in [2.45, 2.75) is 19.8 Å². The number of hydrogen-bond acceptors (Lipinski definition) is 5. The number of imidazole rings is 1. The molecule has 3 aromatic rings. The number of fused-ring (bicyclic) bond motifs is 3. The number of nitrogens with zero attached hydrogens (tertiary/aromatic N) is 4. The van der Waals surface area contributed by atoms with E-state index in [0.717, 1.165) is 16.9 Å². The Labute approximate surface area is 110 Å². The number of hydrogen-bond donors (Lipinski definition) is 1. The molecule has 6 nitrogen and oxygen atoms in total. The monoisotopic (exact) mass is 257 g/mol. The standard InChI is InChI=1S/C13H15N5O/c1-7(2)12-15-6-9-11(14)16-8-4-5-10(19-3)17-13(8)18(9)12/h4-7H,1-3H3,(H2,14,16). The summed E-state index contributed by atoms with van der Waals surface area (Å²) in [6.07, 6.45) is 1.73. The minimum Gasteiger partial charge on any atom is -0.481 e. The molecular weight excluding hydrogens is 242 g/mol. The van der Waals surface area contributed by atoms with Gasteiger partial charge in [0, 0.05) is 12.0 Å². The van der Waals surface area contributed by atoms with Gasteiger partial charge in [0.2, 0.25) is 5.88 Å². The highest BCUT2D eigenvalue weighted by atomic mass is 16.5. The van der Waals surface area contributed by atoms with E-state index in [0.29, 0.717) is 17.3 Å². The number of nitrogens with two attached hydrogens (primary N) is 1. The van der Waals surface area contributed by atoms with Crippen molar-refractivity contribution in [3.8, 4) is 5.88 Å². The first-order valence-electron chi connectivity index (χ1n) is 6.09. The molecule has 0 spiro atoms. The van der Waals surface area contributed by atoms with Crippen LogP contribution in [0, 0.1) is 0 Å². The number of rotatable bonds is 2. The number of pyridine rings is 1. The van der Waals surface area contributed by atoms with E-state index in [-0.39, 0.29) is 5.92 Å². The van der Waals surface area contributed by atoms with Crippen LogP contribution in [0.4, 0.5) is 5.82 Å². The van der Waals surface area contributed by atoms with Crippen LogP contribution in [-0.2, 0) is 0 Å². The Morgan fingerprint density at radius 1 is 1.26 bits per heavy atom. The maximum absolute atomic E-state index is 5.98. The van der Waals surface area contributed by atoms with Gasteiger partial charge in [-0.3, -0.25) is 4.40 Å². The summed E-state index contributed by atoms with van der Waals surface area (Å²) in [7, 11) is 1.59. The number of anilines is 1. The molecule has 98 valence electrons. The van der Waals surface area contributed by atoms with Crippen molar-refractivity contribution >= 4 is 22.5 Å². The van der Waals surface area contributed by atoms with Crippen LogP contribution < -0.4 is 10.5 Å². The topological polar surface area (TPSA) is 78.3 Å². The first-order valence-corrected chi connectivity index (χ1v) is 6.09. The smallest absolute Gasteiger partial charge is 0.215 e. The molecule has 0 radical (unpaired) electrons. The highest BCUT2D eigenvalue weighted by Crippen LogP contribution is 2.25. The Morgan fingerprint density at radius 2 is 2.05 bits per heavy atom. The van der Waals surface area contributed by atoms with Crippen LogP contribution in [0.15, 0.2) is 18.3 Å². The zero-order valence-corrected chi connectivity index (χ0v) is 11.1. The molecule has 0 aliphatic heterocycles. The Morgan fingerprint density at radius 3 is 2.74 bits per heavy atom. The first-order chi connectivity index (χ1) is 9.11. The van der Waals surface area contributed by atoms with Gasteiger partial charge in [-0.05, 0) is 6.07 Å². The average molecular weight is 257 g/mol. The summed E-state index contributed by atoms with van der Waals surface area (Å²) in [5, 5.41) is 0. The number of nitrogen functional groups attached to an aromatic ring is 1. The van der Waals surface area contributed by atoms with Crippen LogP contribution in [0.5, 0.6) is 5.88 Å². The van der Waals surface area contributed by atoms with Crippen molar-refractivity contribution in [1.82, 2.24) is 19.4 Å². The molecule has 0 aromatic carbocycles. The molecule has 0 bridgehead atoms. The molecule has 2 N–H and O–H groups in total. The molecule has 0 aliphatic rings. The molecule has 3 aromatic heterocycles. The molecule has 3 rings (SSSR count). The van der Waals surface area contributed by atoms with Gasteiger partial charge in [0.15, 0.2) is 5.65 Å². The van der Waals surface area contributed by atoms with Crippen molar-refractivity contribution in [2.75, 3.05) is 12.8 Å². The Kier molecular flexibility index (Phi) is 2.51. The number of aromatic nitrogens is 4. The third-order valence-corrected chi connectivity index (χ3v) is 3.06. The second-order valence-electron chi connectivity index (χ2n) is 4.69. The largest absolute Gasteiger partial charge is 0.481 e. The number of methoxy groups -OCH3 is 1. The number of ether oxygens (including phenoxy) is 1. The lowest BCUT2D eigenvalue weighted by atomic mass is 10.2. The van der Waals surface area contributed by atoms with Gasteiger partial charge in [-0.1, -0.05) is 13.8 Å². The normalized spacial score (nSPS) is 11.6. The predicted octanol–water partition coefficient (Wildman–Crippen LogP) is 1.99. The molecule has 0 atom stereocenters. The minimum atomic E-state index is 0.264. The summed E-state index contributed by atoms with van der Waals surface area (Å²) in [4.78, 5) is 13.2. The van der Waals surface area contributed by atoms with Gasteiger partial charge in [-0.2, -0.15) is 4.98 Å². The van der Waals surface area contributed by atoms with Gasteiger partial charge in [-0.15, -0.1) is 0 Å². The van der Waals surface area contributed by atoms with Gasteiger partial charge in [0.05, 0.1) is 13.3 Å². The van der Waals surface area contributed by atoms with Crippen LogP contribution in [0.1, 0.15) is 25.6 Å². The van der Waals surface area contributed by atoms with Gasteiger partial charge in [-0.25, -0.2) is 9.97 Å². The zero-order chi connectivity index (χ0) is 13.6. The summed E-state index contributed by atoms with van der Waals surface area (Å²) in [6.45, 7) is 4.16. The molecule has 19 heavy (non-hydrogen) atoms. The Hall–Kier alpha value is -2.37. The summed E-state index contributed by atoms with van der Waals surface area (Å²) in [5.41, 5.74) is 8.19. The third kappa shape index (κ3) is 1.68. The lowest BCUT2D eigenvalue weighted by molar-refractivity contribution is 0.399. The second kappa shape index (κ2) is 4.08. The molecule has 0 aliphatic carbocycles. The predicted molar refractivity (Wildman–Crippen MR) is 73.3 cm³/mol. The molecule has 0 fully saturated rings. The fraction of sp³-hybridized carbons (Fsp3) is 0.308. The second-order valence-corrected chi connectivity index (χ2v) is 4.69. The summed E-state index contributed by atoms with van der Waals surface area (Å²) < 4.78 is 7.12. The van der Waals surface area contributed by atoms with Crippen LogP contribution in [-0.4, -0.2) is 26.5 Å². The summed E-state index contributed by atoms with van der Waals surface area (Å²) in [6, 6.07) is 3.62. The van der Waals surface area contributed by atoms with E-state index < -0.39 is 0 Å². The molecule has 0 saturated carbocycles. The van der Waals surface area contributed by atoms with E-state index in [9.17, 15) is 0 Å². The fourth-order valence-corrected chi connectivity index (χ4v) is 2.15. The first kappa shape index (κ1) is 11.7. The van der Waals surface area contributed by atoms with Crippen molar-refractivity contribution in [3.63, 3.8) is 0 Å². The van der Waals surface area contributed by atoms with E-state index in [2.05, 4.69) is 28.8 Å². The SMILES string of the molecule is COc1ccc2nc(N)c3cnc(C(C)C)n3c2n1. The van der Waals surface area contributed by atoms with E-state index in [4.69, 9.17) is 10.5 Å². The quantitative estimate of drug-likeness (QED) is 0.759. The molecule has 6 heteroatoms. The van der Waals surface area contributed by atoms with Crippen molar-refractivity contribution in [2.24, 2.45) is 0 Å². The Bertz CT molecular complexity index is 762. The van der Waals surface area contributed by atoms with E-state index in [1.807, 2.05) is 10.5 Å². The van der Waals surface area contributed by atoms with E-state index in [1.165, 1.54) is 0 Å². The highest BCUT2D eigenvalue weighted by Gasteiger charge is 2.15. The Balaban J connectivity index is 2.49. The molecular formula is C13H15N5O. The van der Waals surface area contributed by atoms with Crippen LogP contribution >= 0.6 is 0 Å². The molecule has 3 heterocycles. The zero-order valence-electron chi connectivity index (χ0n) is 11.1. The van der Waals surface area contributed by atoms with Crippen molar-refractivity contribution < 1.29 is 4.74 Å². The van der Waals surface area contributed by atoms with E-state index >= 15 is 0 Å². The lowest BCUT2D eigenvalue weighted by Crippen LogP contribution is -2.04. The van der Waals surface area contributed by atoms with Crippen LogP contribution in [0.3, 0.4) is 0 Å². The summed E-state index contributed by atoms with van der Waals surface area (Å²) >= 11 is 0. The van der Waals surface area contributed by atoms with Gasteiger partial charge >= 0.3 is 0 Å². The van der Waals surface area contributed by atoms with E-state index in [1.54, 1.807) is 19.4 Å². The van der Waals surface area contributed by atoms with Crippen LogP contribution in [0.25, 0.3) is 16.7 Å². The highest BCUT2D eigenvalue weighted by molar-refractivity contribution is 5.81. The van der Waals surface area contributed by atoms with Crippen molar-refractivity contribution in [1.29, 1.82) is 0 Å². The maximum Gasteiger partial charge on any atom is 0.215 e. The third-order valence-electron chi connectivity index (χ3n) is 3.06. The summed E-state index contributed by atoms with van der Waals surface area (Å²) in [5.74, 6) is 2.18. The molecule has 0 amide bonds. The van der Waals surface area contributed by atoms with Crippen LogP contribution in [0.2, 0.25) is 0 Å². The molecule has 0 saturated heterocycles. The van der Waals surface area contributed by atoms with Gasteiger partial charge in [0.25, 0.3) is 0 Å². The van der Waals surface area contributed by atoms with Crippen molar-refractivity contribution in [3.05, 3.63) is 24.2 Å². The van der Waals surface area contributed by atoms with Gasteiger partial charge < -0.3 is 10.5 Å². The fourth-order valence-electron chi connectivity index (χ4n) is 2.15. The van der Waals surface area contributed by atoms with Gasteiger partial charge in [0.1, 0.15) is 22.7 Å². The average Bonchev–Trinajstić information content (AvgIpc) is 2.84. The maximum atomic E-state index is 5.98. The minimum absolute atomic E-state index is 0.264. The molecule has 0 unspecified atom stereocenters. The lowest BCUT2D eigenvalue weighted by Gasteiger charge is -2.09.